The van der Waals surface area contributed by atoms with E-state index in [1.165, 1.54) is 0 Å². The van der Waals surface area contributed by atoms with Crippen LogP contribution in [0.5, 0.6) is 0 Å². The second kappa shape index (κ2) is 5.67. The van der Waals surface area contributed by atoms with Gasteiger partial charge in [-0.25, -0.2) is 12.7 Å². The quantitative estimate of drug-likeness (QED) is 0.826. The molecule has 1 N–H and O–H groups in total. The summed E-state index contributed by atoms with van der Waals surface area (Å²) in [6.45, 7) is 5.37. The van der Waals surface area contributed by atoms with E-state index >= 15 is 0 Å². The van der Waals surface area contributed by atoms with Crippen LogP contribution in [0.4, 0.5) is 0 Å². The van der Waals surface area contributed by atoms with E-state index in [9.17, 15) is 8.42 Å². The van der Waals surface area contributed by atoms with Crippen molar-refractivity contribution in [3.8, 4) is 0 Å². The van der Waals surface area contributed by atoms with Crippen molar-refractivity contribution in [1.29, 1.82) is 0 Å². The average molecular weight is 260 g/mol. The third kappa shape index (κ3) is 3.01. The average Bonchev–Trinajstić information content (AvgIpc) is 2.80. The molecule has 0 spiro atoms. The van der Waals surface area contributed by atoms with E-state index in [4.69, 9.17) is 0 Å². The molecule has 5 heteroatoms. The number of nitrogens with zero attached hydrogens (tertiary/aromatic N) is 1. The maximum Gasteiger partial charge on any atom is 0.217 e. The van der Waals surface area contributed by atoms with Gasteiger partial charge in [-0.15, -0.1) is 0 Å². The number of piperidine rings is 1. The lowest BCUT2D eigenvalue weighted by molar-refractivity contribution is 0.418. The van der Waals surface area contributed by atoms with Crippen molar-refractivity contribution < 1.29 is 8.42 Å². The monoisotopic (exact) mass is 260 g/mol. The van der Waals surface area contributed by atoms with E-state index < -0.39 is 10.0 Å². The predicted molar refractivity (Wildman–Crippen MR) is 69.4 cm³/mol. The summed E-state index contributed by atoms with van der Waals surface area (Å²) in [5, 5.41) is 3.09. The molecule has 0 radical (unpaired) electrons. The van der Waals surface area contributed by atoms with Gasteiger partial charge in [0.15, 0.2) is 0 Å². The molecule has 2 heterocycles. The Balaban J connectivity index is 1.96. The zero-order valence-electron chi connectivity index (χ0n) is 10.7. The molecule has 0 aromatic rings. The van der Waals surface area contributed by atoms with Crippen molar-refractivity contribution in [2.45, 2.75) is 44.3 Å². The highest BCUT2D eigenvalue weighted by molar-refractivity contribution is 7.89. The normalized spacial score (nSPS) is 28.6. The summed E-state index contributed by atoms with van der Waals surface area (Å²) in [6.07, 6.45) is 4.93. The van der Waals surface area contributed by atoms with Gasteiger partial charge in [0.2, 0.25) is 10.0 Å². The molecule has 0 saturated carbocycles. The Labute approximate surface area is 105 Å². The number of nitrogens with one attached hydrogen (secondary N) is 1. The summed E-state index contributed by atoms with van der Waals surface area (Å²) in [7, 11) is -3.02. The maximum absolute atomic E-state index is 12.4. The first-order valence-corrected chi connectivity index (χ1v) is 8.34. The molecule has 0 aromatic carbocycles. The minimum absolute atomic E-state index is 0.135. The molecule has 17 heavy (non-hydrogen) atoms. The van der Waals surface area contributed by atoms with Crippen LogP contribution in [0.15, 0.2) is 0 Å². The van der Waals surface area contributed by atoms with Crippen molar-refractivity contribution in [1.82, 2.24) is 9.62 Å². The van der Waals surface area contributed by atoms with E-state index in [1.807, 2.05) is 0 Å². The molecule has 4 nitrogen and oxygen atoms in total. The van der Waals surface area contributed by atoms with Gasteiger partial charge in [0.1, 0.15) is 0 Å². The summed E-state index contributed by atoms with van der Waals surface area (Å²) in [5.74, 6) is 0.594. The van der Waals surface area contributed by atoms with Gasteiger partial charge < -0.3 is 5.32 Å². The predicted octanol–water partition coefficient (Wildman–Crippen LogP) is 1.19. The van der Waals surface area contributed by atoms with Gasteiger partial charge in [-0.2, -0.15) is 0 Å². The summed E-state index contributed by atoms with van der Waals surface area (Å²) in [5.41, 5.74) is 0. The van der Waals surface area contributed by atoms with Crippen molar-refractivity contribution in [3.63, 3.8) is 0 Å². The van der Waals surface area contributed by atoms with Gasteiger partial charge in [0.05, 0.1) is 5.25 Å². The number of hydrogen-bond donors (Lipinski definition) is 1. The highest BCUT2D eigenvalue weighted by Crippen LogP contribution is 2.27. The van der Waals surface area contributed by atoms with Crippen LogP contribution >= 0.6 is 0 Å². The number of sulfonamides is 1. The lowest BCUT2D eigenvalue weighted by Crippen LogP contribution is -2.43. The first-order chi connectivity index (χ1) is 8.14. The lowest BCUT2D eigenvalue weighted by atomic mass is 10.0. The van der Waals surface area contributed by atoms with Gasteiger partial charge in [0, 0.05) is 13.1 Å². The van der Waals surface area contributed by atoms with E-state index in [-0.39, 0.29) is 5.25 Å². The van der Waals surface area contributed by atoms with Crippen LogP contribution in [0.3, 0.4) is 0 Å². The standard InChI is InChI=1S/C12H24N2O2S/c1-2-3-11-6-9-14(10-11)17(15,16)12-4-7-13-8-5-12/h11-13H,2-10H2,1H3. The summed E-state index contributed by atoms with van der Waals surface area (Å²) < 4.78 is 26.6. The van der Waals surface area contributed by atoms with E-state index in [2.05, 4.69) is 12.2 Å². The molecule has 0 amide bonds. The van der Waals surface area contributed by atoms with Gasteiger partial charge in [-0.1, -0.05) is 13.3 Å². The Kier molecular flexibility index (Phi) is 4.44. The second-order valence-corrected chi connectivity index (χ2v) is 7.51. The van der Waals surface area contributed by atoms with Crippen LogP contribution in [-0.4, -0.2) is 44.2 Å². The van der Waals surface area contributed by atoms with Crippen LogP contribution in [0.1, 0.15) is 39.0 Å². The Bertz CT molecular complexity index is 336. The van der Waals surface area contributed by atoms with Crippen LogP contribution in [0.2, 0.25) is 0 Å². The first kappa shape index (κ1) is 13.3. The fraction of sp³-hybridized carbons (Fsp3) is 1.00. The van der Waals surface area contributed by atoms with Crippen molar-refractivity contribution >= 4 is 10.0 Å². The highest BCUT2D eigenvalue weighted by atomic mass is 32.2. The molecule has 1 unspecified atom stereocenters. The lowest BCUT2D eigenvalue weighted by Gasteiger charge is -2.27. The van der Waals surface area contributed by atoms with E-state index in [0.717, 1.165) is 58.3 Å². The summed E-state index contributed by atoms with van der Waals surface area (Å²) >= 11 is 0. The van der Waals surface area contributed by atoms with Crippen LogP contribution in [0, 0.1) is 5.92 Å². The number of hydrogen-bond acceptors (Lipinski definition) is 3. The van der Waals surface area contributed by atoms with Crippen LogP contribution in [-0.2, 0) is 10.0 Å². The topological polar surface area (TPSA) is 49.4 Å². The molecular weight excluding hydrogens is 236 g/mol. The fourth-order valence-electron chi connectivity index (χ4n) is 2.98. The van der Waals surface area contributed by atoms with E-state index in [0.29, 0.717) is 5.92 Å². The van der Waals surface area contributed by atoms with Gasteiger partial charge >= 0.3 is 0 Å². The van der Waals surface area contributed by atoms with Crippen LogP contribution in [0.25, 0.3) is 0 Å². The largest absolute Gasteiger partial charge is 0.317 e. The zero-order valence-corrected chi connectivity index (χ0v) is 11.5. The molecule has 0 aromatic heterocycles. The van der Waals surface area contributed by atoms with Crippen LogP contribution < -0.4 is 5.32 Å². The minimum atomic E-state index is -3.02. The third-order valence-electron chi connectivity index (χ3n) is 4.01. The molecule has 2 aliphatic rings. The summed E-state index contributed by atoms with van der Waals surface area (Å²) in [6, 6.07) is 0. The Morgan fingerprint density at radius 2 is 1.94 bits per heavy atom. The van der Waals surface area contributed by atoms with E-state index in [1.54, 1.807) is 4.31 Å². The van der Waals surface area contributed by atoms with Gasteiger partial charge in [0.25, 0.3) is 0 Å². The highest BCUT2D eigenvalue weighted by Gasteiger charge is 2.36. The zero-order chi connectivity index (χ0) is 12.3. The number of rotatable bonds is 4. The molecule has 2 fully saturated rings. The van der Waals surface area contributed by atoms with Crippen molar-refractivity contribution in [3.05, 3.63) is 0 Å². The van der Waals surface area contributed by atoms with Gasteiger partial charge in [-0.3, -0.25) is 0 Å². The Morgan fingerprint density at radius 3 is 2.59 bits per heavy atom. The molecule has 1 atom stereocenters. The molecule has 2 rings (SSSR count). The molecule has 2 saturated heterocycles. The smallest absolute Gasteiger partial charge is 0.217 e. The SMILES string of the molecule is CCCC1CCN(S(=O)(=O)C2CCNCC2)C1. The Hall–Kier alpha value is -0.130. The molecule has 100 valence electrons. The molecule has 2 aliphatic heterocycles. The maximum atomic E-state index is 12.4. The fourth-order valence-corrected chi connectivity index (χ4v) is 5.01. The summed E-state index contributed by atoms with van der Waals surface area (Å²) in [4.78, 5) is 0. The molecule has 0 aliphatic carbocycles. The van der Waals surface area contributed by atoms with Crippen molar-refractivity contribution in [2.75, 3.05) is 26.2 Å². The Morgan fingerprint density at radius 1 is 1.24 bits per heavy atom. The first-order valence-electron chi connectivity index (χ1n) is 6.84. The van der Waals surface area contributed by atoms with Crippen molar-refractivity contribution in [2.24, 2.45) is 5.92 Å². The third-order valence-corrected chi connectivity index (χ3v) is 6.38. The van der Waals surface area contributed by atoms with Gasteiger partial charge in [-0.05, 0) is 44.7 Å². The molecule has 0 bridgehead atoms. The molecular formula is C12H24N2O2S. The minimum Gasteiger partial charge on any atom is -0.317 e. The second-order valence-electron chi connectivity index (χ2n) is 5.30.